The number of ether oxygens (including phenoxy) is 2. The van der Waals surface area contributed by atoms with Crippen molar-refractivity contribution in [3.8, 4) is 22.8 Å². The maximum atomic E-state index is 12.5. The van der Waals surface area contributed by atoms with E-state index in [4.69, 9.17) is 20.8 Å². The molecule has 1 N–H and O–H groups in total. The van der Waals surface area contributed by atoms with Crippen LogP contribution in [0.2, 0.25) is 5.02 Å². The number of thiazole rings is 1. The zero-order valence-electron chi connectivity index (χ0n) is 16.3. The second-order valence-corrected chi connectivity index (χ2v) is 7.70. The SMILES string of the molecule is O=C(Nc1nc(-c2ccc(OC(F)F)cc2)cs1)c1ccc(COc2cccc(Cl)c2)o1. The summed E-state index contributed by atoms with van der Waals surface area (Å²) in [6, 6.07) is 16.2. The molecular weight excluding hydrogens is 462 g/mol. The number of nitrogens with one attached hydrogen (secondary N) is 1. The Hall–Kier alpha value is -3.43. The molecule has 0 aliphatic heterocycles. The van der Waals surface area contributed by atoms with E-state index in [-0.39, 0.29) is 18.1 Å². The van der Waals surface area contributed by atoms with E-state index in [1.807, 2.05) is 0 Å². The lowest BCUT2D eigenvalue weighted by Crippen LogP contribution is -2.10. The van der Waals surface area contributed by atoms with Gasteiger partial charge in [0, 0.05) is 16.0 Å². The summed E-state index contributed by atoms with van der Waals surface area (Å²) in [7, 11) is 0. The van der Waals surface area contributed by atoms with E-state index >= 15 is 0 Å². The Bertz CT molecular complexity index is 1210. The lowest BCUT2D eigenvalue weighted by molar-refractivity contribution is -0.0498. The Labute approximate surface area is 190 Å². The predicted octanol–water partition coefficient (Wildman–Crippen LogP) is 6.49. The highest BCUT2D eigenvalue weighted by Crippen LogP contribution is 2.27. The maximum absolute atomic E-state index is 12.5. The van der Waals surface area contributed by atoms with Crippen molar-refractivity contribution >= 4 is 34.0 Å². The molecule has 4 rings (SSSR count). The topological polar surface area (TPSA) is 73.6 Å². The molecule has 32 heavy (non-hydrogen) atoms. The van der Waals surface area contributed by atoms with E-state index in [0.717, 1.165) is 0 Å². The molecule has 0 saturated carbocycles. The molecule has 0 saturated heterocycles. The number of halogens is 3. The number of hydrogen-bond donors (Lipinski definition) is 1. The molecule has 0 radical (unpaired) electrons. The number of alkyl halides is 2. The largest absolute Gasteiger partial charge is 0.486 e. The number of hydrogen-bond acceptors (Lipinski definition) is 6. The lowest BCUT2D eigenvalue weighted by atomic mass is 10.2. The van der Waals surface area contributed by atoms with Gasteiger partial charge in [0.2, 0.25) is 0 Å². The summed E-state index contributed by atoms with van der Waals surface area (Å²) in [6.07, 6.45) is 0. The summed E-state index contributed by atoms with van der Waals surface area (Å²) in [5, 5.41) is 5.34. The second-order valence-electron chi connectivity index (χ2n) is 6.41. The number of rotatable bonds is 8. The highest BCUT2D eigenvalue weighted by Gasteiger charge is 2.15. The fourth-order valence-corrected chi connectivity index (χ4v) is 3.61. The van der Waals surface area contributed by atoms with E-state index in [1.165, 1.54) is 23.5 Å². The summed E-state index contributed by atoms with van der Waals surface area (Å²) < 4.78 is 40.0. The molecule has 0 fully saturated rings. The monoisotopic (exact) mass is 476 g/mol. The molecule has 164 valence electrons. The summed E-state index contributed by atoms with van der Waals surface area (Å²) in [4.78, 5) is 16.8. The maximum Gasteiger partial charge on any atom is 0.387 e. The van der Waals surface area contributed by atoms with Crippen LogP contribution in [0.3, 0.4) is 0 Å². The number of benzene rings is 2. The van der Waals surface area contributed by atoms with Gasteiger partial charge in [-0.15, -0.1) is 11.3 Å². The standard InChI is InChI=1S/C22H15ClF2N2O4S/c23-14-2-1-3-16(10-14)29-11-17-8-9-19(30-17)20(28)27-22-26-18(12-32-22)13-4-6-15(7-5-13)31-21(24)25/h1-10,12,21H,11H2,(H,26,27,28). The first-order valence-electron chi connectivity index (χ1n) is 9.25. The van der Waals surface area contributed by atoms with Crippen LogP contribution in [-0.2, 0) is 6.61 Å². The Kier molecular flexibility index (Phi) is 6.67. The van der Waals surface area contributed by atoms with Crippen molar-refractivity contribution in [3.63, 3.8) is 0 Å². The van der Waals surface area contributed by atoms with Gasteiger partial charge < -0.3 is 13.9 Å². The van der Waals surface area contributed by atoms with E-state index in [9.17, 15) is 13.6 Å². The number of nitrogens with zero attached hydrogens (tertiary/aromatic N) is 1. The van der Waals surface area contributed by atoms with Crippen molar-refractivity contribution in [1.29, 1.82) is 0 Å². The van der Waals surface area contributed by atoms with Crippen LogP contribution in [0.15, 0.2) is 70.5 Å². The van der Waals surface area contributed by atoms with Gasteiger partial charge in [-0.2, -0.15) is 8.78 Å². The summed E-state index contributed by atoms with van der Waals surface area (Å²) in [5.74, 6) is 0.770. The van der Waals surface area contributed by atoms with Crippen molar-refractivity contribution in [2.24, 2.45) is 0 Å². The third-order valence-corrected chi connectivity index (χ3v) is 5.16. The van der Waals surface area contributed by atoms with Crippen LogP contribution in [-0.4, -0.2) is 17.5 Å². The zero-order valence-corrected chi connectivity index (χ0v) is 17.8. The van der Waals surface area contributed by atoms with Gasteiger partial charge in [-0.25, -0.2) is 4.98 Å². The molecule has 0 atom stereocenters. The third kappa shape index (κ3) is 5.63. The fourth-order valence-electron chi connectivity index (χ4n) is 2.72. The van der Waals surface area contributed by atoms with Crippen LogP contribution in [0.25, 0.3) is 11.3 Å². The van der Waals surface area contributed by atoms with Gasteiger partial charge in [0.25, 0.3) is 5.91 Å². The van der Waals surface area contributed by atoms with Gasteiger partial charge in [0.1, 0.15) is 23.9 Å². The van der Waals surface area contributed by atoms with Crippen LogP contribution in [0.5, 0.6) is 11.5 Å². The molecule has 0 unspecified atom stereocenters. The molecule has 2 aromatic heterocycles. The molecule has 1 amide bonds. The first-order valence-corrected chi connectivity index (χ1v) is 10.5. The van der Waals surface area contributed by atoms with Crippen LogP contribution in [0.1, 0.15) is 16.3 Å². The Morgan fingerprint density at radius 2 is 1.94 bits per heavy atom. The normalized spacial score (nSPS) is 10.9. The molecule has 0 aliphatic rings. The van der Waals surface area contributed by atoms with Crippen molar-refractivity contribution in [2.75, 3.05) is 5.32 Å². The van der Waals surface area contributed by atoms with Gasteiger partial charge >= 0.3 is 6.61 Å². The van der Waals surface area contributed by atoms with Crippen molar-refractivity contribution in [1.82, 2.24) is 4.98 Å². The first-order chi connectivity index (χ1) is 15.5. The van der Waals surface area contributed by atoms with E-state index in [0.29, 0.717) is 32.9 Å². The number of carbonyl (C=O) groups excluding carboxylic acids is 1. The van der Waals surface area contributed by atoms with Crippen molar-refractivity contribution < 1.29 is 27.5 Å². The highest BCUT2D eigenvalue weighted by atomic mass is 35.5. The second kappa shape index (κ2) is 9.80. The van der Waals surface area contributed by atoms with Gasteiger partial charge in [-0.05, 0) is 54.6 Å². The molecule has 4 aromatic rings. The predicted molar refractivity (Wildman–Crippen MR) is 117 cm³/mol. The van der Waals surface area contributed by atoms with Crippen molar-refractivity contribution in [2.45, 2.75) is 13.2 Å². The molecule has 2 aromatic carbocycles. The minimum absolute atomic E-state index is 0.0560. The summed E-state index contributed by atoms with van der Waals surface area (Å²) >= 11 is 7.15. The van der Waals surface area contributed by atoms with Gasteiger partial charge in [0.05, 0.1) is 5.69 Å². The number of amides is 1. The lowest BCUT2D eigenvalue weighted by Gasteiger charge is -2.04. The van der Waals surface area contributed by atoms with Gasteiger partial charge in [-0.1, -0.05) is 17.7 Å². The average Bonchev–Trinajstić information content (AvgIpc) is 3.42. The van der Waals surface area contributed by atoms with E-state index < -0.39 is 12.5 Å². The molecule has 0 spiro atoms. The minimum atomic E-state index is -2.88. The number of carbonyl (C=O) groups is 1. The molecule has 2 heterocycles. The van der Waals surface area contributed by atoms with Crippen molar-refractivity contribution in [3.05, 3.63) is 82.6 Å². The first kappa shape index (κ1) is 21.8. The Morgan fingerprint density at radius 1 is 1.12 bits per heavy atom. The Balaban J connectivity index is 1.35. The number of furan rings is 1. The number of anilines is 1. The summed E-state index contributed by atoms with van der Waals surface area (Å²) in [5.41, 5.74) is 1.28. The summed E-state index contributed by atoms with van der Waals surface area (Å²) in [6.45, 7) is -2.74. The third-order valence-electron chi connectivity index (χ3n) is 4.16. The van der Waals surface area contributed by atoms with Gasteiger partial charge in [-0.3, -0.25) is 10.1 Å². The fraction of sp³-hybridized carbons (Fsp3) is 0.0909. The van der Waals surface area contributed by atoms with E-state index in [1.54, 1.807) is 53.9 Å². The smallest absolute Gasteiger partial charge is 0.387 e. The molecule has 10 heteroatoms. The van der Waals surface area contributed by atoms with Gasteiger partial charge in [0.15, 0.2) is 10.9 Å². The van der Waals surface area contributed by atoms with Crippen LogP contribution < -0.4 is 14.8 Å². The quantitative estimate of drug-likeness (QED) is 0.314. The highest BCUT2D eigenvalue weighted by molar-refractivity contribution is 7.14. The zero-order chi connectivity index (χ0) is 22.5. The number of aromatic nitrogens is 1. The minimum Gasteiger partial charge on any atom is -0.486 e. The van der Waals surface area contributed by atoms with Crippen LogP contribution in [0, 0.1) is 0 Å². The molecule has 0 aliphatic carbocycles. The van der Waals surface area contributed by atoms with Crippen LogP contribution >= 0.6 is 22.9 Å². The average molecular weight is 477 g/mol. The van der Waals surface area contributed by atoms with Crippen LogP contribution in [0.4, 0.5) is 13.9 Å². The molecule has 0 bridgehead atoms. The van der Waals surface area contributed by atoms with E-state index in [2.05, 4.69) is 15.0 Å². The molecular formula is C22H15ClF2N2O4S. The molecule has 6 nitrogen and oxygen atoms in total. The Morgan fingerprint density at radius 3 is 2.69 bits per heavy atom.